The van der Waals surface area contributed by atoms with E-state index in [0.29, 0.717) is 23.2 Å². The van der Waals surface area contributed by atoms with Gasteiger partial charge < -0.3 is 14.2 Å². The van der Waals surface area contributed by atoms with E-state index < -0.39 is 0 Å². The van der Waals surface area contributed by atoms with Gasteiger partial charge in [0.05, 0.1) is 39.3 Å². The number of benzene rings is 2. The van der Waals surface area contributed by atoms with Crippen LogP contribution in [0.4, 0.5) is 0 Å². The molecule has 0 radical (unpaired) electrons. The second-order valence-electron chi connectivity index (χ2n) is 6.27. The molecule has 29 heavy (non-hydrogen) atoms. The minimum absolute atomic E-state index is 0.0156. The maximum Gasteiger partial charge on any atom is 0.242 e. The van der Waals surface area contributed by atoms with E-state index in [1.54, 1.807) is 38.5 Å². The van der Waals surface area contributed by atoms with Gasteiger partial charge in [-0.2, -0.15) is 5.10 Å². The Morgan fingerprint density at radius 2 is 1.72 bits per heavy atom. The van der Waals surface area contributed by atoms with Crippen molar-refractivity contribution in [1.82, 2.24) is 4.90 Å². The van der Waals surface area contributed by atoms with Crippen molar-refractivity contribution in [2.24, 2.45) is 10.2 Å². The predicted molar refractivity (Wildman–Crippen MR) is 115 cm³/mol. The fourth-order valence-electron chi connectivity index (χ4n) is 2.79. The van der Waals surface area contributed by atoms with E-state index in [1.165, 1.54) is 11.8 Å². The van der Waals surface area contributed by atoms with Gasteiger partial charge in [-0.05, 0) is 36.8 Å². The minimum Gasteiger partial charge on any atom is -0.497 e. The molecule has 1 heterocycles. The summed E-state index contributed by atoms with van der Waals surface area (Å²) >= 11 is 1.40. The number of amides is 1. The van der Waals surface area contributed by atoms with E-state index in [-0.39, 0.29) is 11.2 Å². The zero-order chi connectivity index (χ0) is 20.8. The molecule has 0 bridgehead atoms. The number of carbonyl (C=O) groups is 1. The molecule has 1 aliphatic heterocycles. The summed E-state index contributed by atoms with van der Waals surface area (Å²) in [5.74, 6) is 2.12. The molecule has 8 heteroatoms. The Morgan fingerprint density at radius 1 is 1.03 bits per heavy atom. The number of rotatable bonds is 7. The van der Waals surface area contributed by atoms with Gasteiger partial charge in [-0.3, -0.25) is 9.69 Å². The summed E-state index contributed by atoms with van der Waals surface area (Å²) < 4.78 is 15.7. The normalized spacial score (nSPS) is 17.9. The largest absolute Gasteiger partial charge is 0.497 e. The Labute approximate surface area is 174 Å². The van der Waals surface area contributed by atoms with Crippen LogP contribution in [0.25, 0.3) is 0 Å². The van der Waals surface area contributed by atoms with Crippen LogP contribution in [-0.4, -0.2) is 48.8 Å². The number of hydrogen-bond acceptors (Lipinski definition) is 7. The predicted octanol–water partition coefficient (Wildman–Crippen LogP) is 3.57. The molecule has 0 aliphatic carbocycles. The quantitative estimate of drug-likeness (QED) is 0.513. The highest BCUT2D eigenvalue weighted by atomic mass is 32.2. The molecule has 152 valence electrons. The third kappa shape index (κ3) is 4.89. The summed E-state index contributed by atoms with van der Waals surface area (Å²) in [4.78, 5) is 14.2. The van der Waals surface area contributed by atoms with Gasteiger partial charge in [0.25, 0.3) is 0 Å². The van der Waals surface area contributed by atoms with Gasteiger partial charge in [-0.1, -0.05) is 23.9 Å². The molecule has 0 unspecified atom stereocenters. The van der Waals surface area contributed by atoms with Crippen LogP contribution in [0.15, 0.2) is 52.7 Å². The van der Waals surface area contributed by atoms with Gasteiger partial charge in [0.1, 0.15) is 17.2 Å². The molecule has 0 N–H and O–H groups in total. The van der Waals surface area contributed by atoms with Crippen molar-refractivity contribution >= 4 is 29.1 Å². The summed E-state index contributed by atoms with van der Waals surface area (Å²) in [6.45, 7) is 2.30. The van der Waals surface area contributed by atoms with E-state index in [9.17, 15) is 4.79 Å². The first kappa shape index (κ1) is 20.7. The molecule has 1 saturated heterocycles. The molecule has 1 fully saturated rings. The van der Waals surface area contributed by atoms with Gasteiger partial charge in [-0.15, -0.1) is 5.10 Å². The Balaban J connectivity index is 1.79. The summed E-state index contributed by atoms with van der Waals surface area (Å²) in [6, 6.07) is 13.1. The fraction of sp³-hybridized carbons (Fsp3) is 0.286. The van der Waals surface area contributed by atoms with Crippen molar-refractivity contribution in [3.63, 3.8) is 0 Å². The van der Waals surface area contributed by atoms with Crippen LogP contribution in [0.3, 0.4) is 0 Å². The van der Waals surface area contributed by atoms with Gasteiger partial charge in [-0.25, -0.2) is 0 Å². The molecule has 0 aromatic heterocycles. The monoisotopic (exact) mass is 413 g/mol. The summed E-state index contributed by atoms with van der Waals surface area (Å²) in [5.41, 5.74) is 1.75. The number of carbonyl (C=O) groups excluding carboxylic acids is 1. The number of ether oxygens (including phenoxy) is 3. The van der Waals surface area contributed by atoms with Crippen LogP contribution in [0, 0.1) is 0 Å². The summed E-state index contributed by atoms with van der Waals surface area (Å²) in [5, 5.41) is 8.85. The van der Waals surface area contributed by atoms with Crippen LogP contribution >= 0.6 is 11.8 Å². The van der Waals surface area contributed by atoms with Gasteiger partial charge in [0, 0.05) is 11.6 Å². The first-order valence-electron chi connectivity index (χ1n) is 8.99. The number of hydrogen-bond donors (Lipinski definition) is 0. The Hall–Kier alpha value is -3.00. The number of thioether (sulfide) groups is 1. The highest BCUT2D eigenvalue weighted by Crippen LogP contribution is 2.29. The first-order chi connectivity index (χ1) is 14.0. The first-order valence-corrected chi connectivity index (χ1v) is 9.87. The molecule has 7 nitrogen and oxygen atoms in total. The van der Waals surface area contributed by atoms with Crippen molar-refractivity contribution in [3.05, 3.63) is 53.6 Å². The standard InChI is InChI=1S/C21H23N3O4S/c1-14-20(25)24(13-15-5-8-17(26-2)9-6-15)21(29-14)23-22-12-16-7-10-18(27-3)11-19(16)28-4/h5-12,14H,13H2,1-4H3/b22-12-,23-21+/t14-/m1/s1. The smallest absolute Gasteiger partial charge is 0.242 e. The SMILES string of the molecule is COc1ccc(CN2C(=O)[C@@H](C)S/C2=N/N=C\c2ccc(OC)cc2OC)cc1. The van der Waals surface area contributed by atoms with Crippen molar-refractivity contribution in [1.29, 1.82) is 0 Å². The van der Waals surface area contributed by atoms with Crippen LogP contribution in [0.2, 0.25) is 0 Å². The second kappa shape index (κ2) is 9.47. The van der Waals surface area contributed by atoms with Crippen molar-refractivity contribution in [2.75, 3.05) is 21.3 Å². The molecule has 0 spiro atoms. The van der Waals surface area contributed by atoms with Crippen LogP contribution in [0.5, 0.6) is 17.2 Å². The second-order valence-corrected chi connectivity index (χ2v) is 7.58. The van der Waals surface area contributed by atoms with Crippen molar-refractivity contribution < 1.29 is 19.0 Å². The minimum atomic E-state index is -0.197. The summed E-state index contributed by atoms with van der Waals surface area (Å²) in [7, 11) is 4.81. The Kier molecular flexibility index (Phi) is 6.77. The third-order valence-electron chi connectivity index (χ3n) is 4.41. The average Bonchev–Trinajstić information content (AvgIpc) is 3.02. The zero-order valence-corrected chi connectivity index (χ0v) is 17.6. The number of nitrogens with zero attached hydrogens (tertiary/aromatic N) is 3. The van der Waals surface area contributed by atoms with Crippen LogP contribution < -0.4 is 14.2 Å². The number of amidine groups is 1. The topological polar surface area (TPSA) is 72.7 Å². The fourth-order valence-corrected chi connectivity index (χ4v) is 3.71. The highest BCUT2D eigenvalue weighted by Gasteiger charge is 2.35. The molecule has 3 rings (SSSR count). The lowest BCUT2D eigenvalue weighted by Gasteiger charge is -2.15. The highest BCUT2D eigenvalue weighted by molar-refractivity contribution is 8.15. The molecular formula is C21H23N3O4S. The molecule has 2 aromatic carbocycles. The lowest BCUT2D eigenvalue weighted by Crippen LogP contribution is -2.30. The van der Waals surface area contributed by atoms with Crippen LogP contribution in [-0.2, 0) is 11.3 Å². The molecule has 2 aromatic rings. The molecule has 1 aliphatic rings. The van der Waals surface area contributed by atoms with E-state index >= 15 is 0 Å². The Bertz CT molecular complexity index is 928. The summed E-state index contributed by atoms with van der Waals surface area (Å²) in [6.07, 6.45) is 1.60. The molecule has 1 amide bonds. The molecular weight excluding hydrogens is 390 g/mol. The van der Waals surface area contributed by atoms with Gasteiger partial charge >= 0.3 is 0 Å². The van der Waals surface area contributed by atoms with E-state index in [0.717, 1.165) is 16.9 Å². The van der Waals surface area contributed by atoms with Crippen molar-refractivity contribution in [3.8, 4) is 17.2 Å². The maximum absolute atomic E-state index is 12.6. The molecule has 0 saturated carbocycles. The number of methoxy groups -OCH3 is 3. The third-order valence-corrected chi connectivity index (χ3v) is 5.48. The molecule has 1 atom stereocenters. The Morgan fingerprint density at radius 3 is 2.38 bits per heavy atom. The lowest BCUT2D eigenvalue weighted by atomic mass is 10.2. The lowest BCUT2D eigenvalue weighted by molar-refractivity contribution is -0.126. The van der Waals surface area contributed by atoms with Gasteiger partial charge in [0.15, 0.2) is 5.17 Å². The van der Waals surface area contributed by atoms with E-state index in [4.69, 9.17) is 14.2 Å². The van der Waals surface area contributed by atoms with E-state index in [2.05, 4.69) is 10.2 Å². The van der Waals surface area contributed by atoms with E-state index in [1.807, 2.05) is 43.3 Å². The zero-order valence-electron chi connectivity index (χ0n) is 16.8. The van der Waals surface area contributed by atoms with Crippen LogP contribution in [0.1, 0.15) is 18.1 Å². The average molecular weight is 413 g/mol. The van der Waals surface area contributed by atoms with Gasteiger partial charge in [0.2, 0.25) is 5.91 Å². The maximum atomic E-state index is 12.6. The van der Waals surface area contributed by atoms with Crippen molar-refractivity contribution in [2.45, 2.75) is 18.7 Å².